The normalized spacial score (nSPS) is 22.4. The summed E-state index contributed by atoms with van der Waals surface area (Å²) in [7, 11) is 1.77. The number of carbonyl (C=O) groups excluding carboxylic acids is 1. The lowest BCUT2D eigenvalue weighted by Gasteiger charge is -2.43. The molecule has 6 aromatic rings. The van der Waals surface area contributed by atoms with Crippen LogP contribution >= 0.6 is 0 Å². The molecule has 3 N–H and O–H groups in total. The van der Waals surface area contributed by atoms with Gasteiger partial charge in [0, 0.05) is 34.2 Å². The number of allylic oxidation sites excluding steroid dienone is 3. The lowest BCUT2D eigenvalue weighted by Crippen LogP contribution is -2.33. The molecule has 1 aliphatic heterocycles. The van der Waals surface area contributed by atoms with E-state index in [-0.39, 0.29) is 17.6 Å². The number of hydrogen-bond acceptors (Lipinski definition) is 5. The summed E-state index contributed by atoms with van der Waals surface area (Å²) in [5.74, 6) is -0.140. The molecule has 5 nitrogen and oxygen atoms in total. The van der Waals surface area contributed by atoms with Crippen molar-refractivity contribution in [3.8, 4) is 11.1 Å². The fraction of sp³-hybridized carbons (Fsp3) is 0.227. The first-order valence-corrected chi connectivity index (χ1v) is 17.4. The molecule has 4 atom stereocenters. The summed E-state index contributed by atoms with van der Waals surface area (Å²) >= 11 is 0. The van der Waals surface area contributed by atoms with Gasteiger partial charge in [-0.15, -0.1) is 0 Å². The molecular formula is C44H36N2O3. The number of carbonyl (C=O) groups is 1. The van der Waals surface area contributed by atoms with Crippen LogP contribution in [-0.2, 0) is 11.2 Å². The summed E-state index contributed by atoms with van der Waals surface area (Å²) < 4.78 is 0. The van der Waals surface area contributed by atoms with Crippen molar-refractivity contribution < 1.29 is 15.0 Å². The number of aliphatic hydroxyl groups excluding tert-OH is 2. The van der Waals surface area contributed by atoms with E-state index in [1.165, 1.54) is 16.5 Å². The third-order valence-corrected chi connectivity index (χ3v) is 12.0. The number of hydrogen-bond donors (Lipinski definition) is 3. The minimum absolute atomic E-state index is 0.0375. The van der Waals surface area contributed by atoms with Crippen LogP contribution in [0.3, 0.4) is 0 Å². The van der Waals surface area contributed by atoms with Gasteiger partial charge in [-0.05, 0) is 134 Å². The van der Waals surface area contributed by atoms with Gasteiger partial charge in [0.25, 0.3) is 0 Å². The second-order valence-corrected chi connectivity index (χ2v) is 14.4. The molecule has 0 radical (unpaired) electrons. The van der Waals surface area contributed by atoms with Gasteiger partial charge in [0.2, 0.25) is 0 Å². The third-order valence-electron chi connectivity index (χ3n) is 12.0. The van der Waals surface area contributed by atoms with E-state index in [9.17, 15) is 20.4 Å². The van der Waals surface area contributed by atoms with Gasteiger partial charge in [-0.25, -0.2) is 4.90 Å². The fourth-order valence-electron chi connectivity index (χ4n) is 9.83. The minimum Gasteiger partial charge on any atom is -0.374 e. The topological polar surface area (TPSA) is 84.6 Å². The van der Waals surface area contributed by atoms with Crippen LogP contribution < -0.4 is 0 Å². The van der Waals surface area contributed by atoms with Gasteiger partial charge in [-0.1, -0.05) is 73.7 Å². The van der Waals surface area contributed by atoms with E-state index in [0.717, 1.165) is 82.6 Å². The molecule has 0 saturated carbocycles. The molecule has 0 fully saturated rings. The predicted octanol–water partition coefficient (Wildman–Crippen LogP) is 9.06. The highest BCUT2D eigenvalue weighted by Crippen LogP contribution is 2.61. The molecule has 4 unspecified atom stereocenters. The van der Waals surface area contributed by atoms with Crippen LogP contribution in [0.5, 0.6) is 0 Å². The number of benzene rings is 6. The molecule has 0 aromatic heterocycles. The van der Waals surface area contributed by atoms with E-state index in [1.807, 2.05) is 12.1 Å². The van der Waals surface area contributed by atoms with Crippen molar-refractivity contribution >= 4 is 55.0 Å². The Morgan fingerprint density at radius 3 is 2.16 bits per heavy atom. The molecule has 0 saturated heterocycles. The molecule has 0 bridgehead atoms. The zero-order valence-corrected chi connectivity index (χ0v) is 27.8. The third kappa shape index (κ3) is 3.65. The molecule has 5 heteroatoms. The Bertz CT molecular complexity index is 2530. The van der Waals surface area contributed by atoms with Crippen molar-refractivity contribution in [1.29, 1.82) is 5.41 Å². The molecule has 3 aliphatic carbocycles. The quantitative estimate of drug-likeness (QED) is 0.130. The van der Waals surface area contributed by atoms with Crippen LogP contribution in [0.2, 0.25) is 0 Å². The lowest BCUT2D eigenvalue weighted by atomic mass is 9.61. The Hall–Kier alpha value is -4.94. The van der Waals surface area contributed by atoms with Crippen LogP contribution in [0.1, 0.15) is 84.0 Å². The molecule has 0 spiro atoms. The molecule has 0 amide bonds. The standard InChI is InChI=1S/C44H36N2O3/c1-4-34(45)31-19-29-27(22-11-7-5-8-12-22)17-25-18-32-38-33(44(49)46(3)43(32)48)20-30-28(23-13-9-6-10-14-23)16-24-15-26(21(2)47)37(31)41-35(24)40(30)42(38)36(25)39(29)41/h5-14,16-18,20,24,31,43-45,48-49H,4,15,19H2,1-3H3. The zero-order valence-electron chi connectivity index (χ0n) is 27.8. The molecular weight excluding hydrogens is 604 g/mol. The summed E-state index contributed by atoms with van der Waals surface area (Å²) in [6.07, 6.45) is 2.27. The van der Waals surface area contributed by atoms with Crippen LogP contribution in [0.4, 0.5) is 0 Å². The number of nitrogens with one attached hydrogen (secondary N) is 1. The molecule has 6 aromatic carbocycles. The van der Waals surface area contributed by atoms with E-state index >= 15 is 0 Å². The highest BCUT2D eigenvalue weighted by molar-refractivity contribution is 6.33. The molecule has 49 heavy (non-hydrogen) atoms. The second-order valence-electron chi connectivity index (χ2n) is 14.4. The Morgan fingerprint density at radius 2 is 1.49 bits per heavy atom. The van der Waals surface area contributed by atoms with E-state index < -0.39 is 12.5 Å². The van der Waals surface area contributed by atoms with E-state index in [1.54, 1.807) is 18.9 Å². The first-order valence-electron chi connectivity index (χ1n) is 17.4. The maximum atomic E-state index is 13.7. The Morgan fingerprint density at radius 1 is 0.816 bits per heavy atom. The van der Waals surface area contributed by atoms with Gasteiger partial charge in [0.15, 0.2) is 5.78 Å². The number of aliphatic hydroxyl groups is 2. The number of ketones is 1. The predicted molar refractivity (Wildman–Crippen MR) is 197 cm³/mol. The second kappa shape index (κ2) is 10.1. The minimum atomic E-state index is -0.977. The van der Waals surface area contributed by atoms with Crippen LogP contribution in [0, 0.1) is 11.3 Å². The summed E-state index contributed by atoms with van der Waals surface area (Å²) in [4.78, 5) is 15.4. The largest absolute Gasteiger partial charge is 0.374 e. The number of rotatable bonds is 5. The van der Waals surface area contributed by atoms with E-state index in [2.05, 4.69) is 79.7 Å². The Labute approximate surface area is 284 Å². The summed E-state index contributed by atoms with van der Waals surface area (Å²) in [5, 5.41) is 39.4. The van der Waals surface area contributed by atoms with Crippen molar-refractivity contribution in [2.24, 2.45) is 5.92 Å². The first-order chi connectivity index (χ1) is 23.8. The maximum Gasteiger partial charge on any atom is 0.156 e. The maximum absolute atomic E-state index is 13.7. The molecule has 4 aliphatic rings. The van der Waals surface area contributed by atoms with Crippen molar-refractivity contribution in [1.82, 2.24) is 4.90 Å². The number of nitrogens with zero attached hydrogens (tertiary/aromatic N) is 1. The SMILES string of the molecule is CCC(=N)C1Cc2c(-c3ccccc3)cc3cc4c5c(cc6c7c8c(c2c3c57)C1=C(C(C)=O)CC8C=C6c1ccccc1)C(O)N(C)C4O. The van der Waals surface area contributed by atoms with Crippen molar-refractivity contribution in [2.75, 3.05) is 7.05 Å². The molecule has 1 heterocycles. The van der Waals surface area contributed by atoms with Crippen molar-refractivity contribution in [2.45, 2.75) is 51.5 Å². The van der Waals surface area contributed by atoms with Crippen LogP contribution in [0.15, 0.2) is 90.5 Å². The van der Waals surface area contributed by atoms with Gasteiger partial charge < -0.3 is 15.6 Å². The van der Waals surface area contributed by atoms with E-state index in [0.29, 0.717) is 25.0 Å². The van der Waals surface area contributed by atoms with Gasteiger partial charge in [-0.3, -0.25) is 4.79 Å². The van der Waals surface area contributed by atoms with Crippen LogP contribution in [0.25, 0.3) is 54.6 Å². The van der Waals surface area contributed by atoms with Crippen molar-refractivity contribution in [3.05, 3.63) is 129 Å². The highest BCUT2D eigenvalue weighted by Gasteiger charge is 2.44. The van der Waals surface area contributed by atoms with Gasteiger partial charge in [0.05, 0.1) is 0 Å². The van der Waals surface area contributed by atoms with Crippen molar-refractivity contribution in [3.63, 3.8) is 0 Å². The first kappa shape index (κ1) is 29.0. The van der Waals surface area contributed by atoms with Gasteiger partial charge in [0.1, 0.15) is 12.5 Å². The average molecular weight is 641 g/mol. The van der Waals surface area contributed by atoms with Gasteiger partial charge in [-0.2, -0.15) is 0 Å². The average Bonchev–Trinajstić information content (AvgIpc) is 3.14. The highest BCUT2D eigenvalue weighted by atomic mass is 16.3. The summed E-state index contributed by atoms with van der Waals surface area (Å²) in [6.45, 7) is 3.75. The zero-order chi connectivity index (χ0) is 33.5. The Balaban J connectivity index is 1.49. The fourth-order valence-corrected chi connectivity index (χ4v) is 9.83. The summed E-state index contributed by atoms with van der Waals surface area (Å²) in [6, 6.07) is 27.5. The number of Topliss-reactive ketones (excluding diaryl/α,β-unsaturated/α-hetero) is 1. The lowest BCUT2D eigenvalue weighted by molar-refractivity contribution is -0.113. The molecule has 10 rings (SSSR count). The van der Waals surface area contributed by atoms with Gasteiger partial charge >= 0.3 is 0 Å². The molecule has 240 valence electrons. The van der Waals surface area contributed by atoms with Crippen LogP contribution in [-0.4, -0.2) is 33.7 Å². The summed E-state index contributed by atoms with van der Waals surface area (Å²) in [5.41, 5.74) is 13.3. The van der Waals surface area contributed by atoms with E-state index in [4.69, 9.17) is 0 Å². The monoisotopic (exact) mass is 640 g/mol. The Kier molecular flexibility index (Phi) is 5.95. The smallest absolute Gasteiger partial charge is 0.156 e.